The number of rotatable bonds is 6. The second-order valence-corrected chi connectivity index (χ2v) is 8.84. The van der Waals surface area contributed by atoms with Crippen molar-refractivity contribution in [2.75, 3.05) is 4.72 Å². The largest absolute Gasteiger partial charge is 0.489 e. The quantitative estimate of drug-likeness (QED) is 0.591. The van der Waals surface area contributed by atoms with E-state index in [0.29, 0.717) is 5.56 Å². The van der Waals surface area contributed by atoms with Crippen LogP contribution in [0.25, 0.3) is 0 Å². The SMILES string of the molecule is O=S(=O)(Nc1ccncn1)c1ccc(O[C@H]2CC(F)(F)CC[C@@H]2c2cn[nH]c2)cc1F. The van der Waals surface area contributed by atoms with Crippen molar-refractivity contribution in [1.82, 2.24) is 20.2 Å². The van der Waals surface area contributed by atoms with Crippen molar-refractivity contribution in [2.45, 2.75) is 42.1 Å². The molecule has 2 atom stereocenters. The topological polar surface area (TPSA) is 110 Å². The lowest BCUT2D eigenvalue weighted by molar-refractivity contribution is -0.0773. The van der Waals surface area contributed by atoms with Crippen LogP contribution >= 0.6 is 0 Å². The standard InChI is InChI=1S/C19H18F3N5O3S/c20-15-7-13(1-2-17(15)31(28,29)27-18-4-6-23-11-24-18)30-16-8-19(21,22)5-3-14(16)12-9-25-26-10-12/h1-2,4,6-7,9-11,14,16H,3,5,8H2,(H,25,26)(H,23,24,27)/t14-,16+/m1/s1. The van der Waals surface area contributed by atoms with E-state index in [0.717, 1.165) is 18.5 Å². The highest BCUT2D eigenvalue weighted by Crippen LogP contribution is 2.42. The molecule has 12 heteroatoms. The van der Waals surface area contributed by atoms with Crippen LogP contribution < -0.4 is 9.46 Å². The van der Waals surface area contributed by atoms with Crippen LogP contribution in [0.3, 0.4) is 0 Å². The third-order valence-electron chi connectivity index (χ3n) is 5.02. The summed E-state index contributed by atoms with van der Waals surface area (Å²) in [5.74, 6) is -4.42. The maximum absolute atomic E-state index is 14.6. The van der Waals surface area contributed by atoms with E-state index in [9.17, 15) is 21.6 Å². The molecule has 164 valence electrons. The van der Waals surface area contributed by atoms with E-state index in [2.05, 4.69) is 24.9 Å². The number of aromatic nitrogens is 4. The molecule has 1 aliphatic rings. The van der Waals surface area contributed by atoms with Crippen LogP contribution in [0.1, 0.15) is 30.7 Å². The van der Waals surface area contributed by atoms with Crippen LogP contribution in [0.15, 0.2) is 54.1 Å². The van der Waals surface area contributed by atoms with Crippen molar-refractivity contribution in [2.24, 2.45) is 0 Å². The monoisotopic (exact) mass is 453 g/mol. The number of nitrogens with one attached hydrogen (secondary N) is 2. The predicted molar refractivity (Wildman–Crippen MR) is 104 cm³/mol. The number of anilines is 1. The summed E-state index contributed by atoms with van der Waals surface area (Å²) in [5, 5.41) is 6.50. The first-order valence-electron chi connectivity index (χ1n) is 9.35. The molecule has 3 aromatic rings. The third-order valence-corrected chi connectivity index (χ3v) is 6.41. The van der Waals surface area contributed by atoms with Crippen molar-refractivity contribution in [3.63, 3.8) is 0 Å². The number of nitrogens with zero attached hydrogens (tertiary/aromatic N) is 3. The van der Waals surface area contributed by atoms with E-state index in [1.54, 1.807) is 12.4 Å². The Bertz CT molecular complexity index is 1140. The average molecular weight is 453 g/mol. The highest BCUT2D eigenvalue weighted by atomic mass is 32.2. The van der Waals surface area contributed by atoms with E-state index < -0.39 is 39.2 Å². The molecule has 0 unspecified atom stereocenters. The molecule has 2 N–H and O–H groups in total. The summed E-state index contributed by atoms with van der Waals surface area (Å²) < 4.78 is 75.4. The Hall–Kier alpha value is -3.15. The fraction of sp³-hybridized carbons (Fsp3) is 0.316. The van der Waals surface area contributed by atoms with E-state index in [1.807, 2.05) is 0 Å². The predicted octanol–water partition coefficient (Wildman–Crippen LogP) is 3.49. The van der Waals surface area contributed by atoms with Crippen molar-refractivity contribution in [3.05, 3.63) is 60.6 Å². The lowest BCUT2D eigenvalue weighted by atomic mass is 9.81. The summed E-state index contributed by atoms with van der Waals surface area (Å²) in [7, 11) is -4.26. The zero-order valence-corrected chi connectivity index (χ0v) is 16.8. The third kappa shape index (κ3) is 4.79. The van der Waals surface area contributed by atoms with Gasteiger partial charge in [0.15, 0.2) is 0 Å². The van der Waals surface area contributed by atoms with Crippen LogP contribution in [-0.2, 0) is 10.0 Å². The van der Waals surface area contributed by atoms with Gasteiger partial charge in [0, 0.05) is 37.2 Å². The Labute approximate surface area is 175 Å². The molecule has 0 saturated heterocycles. The summed E-state index contributed by atoms with van der Waals surface area (Å²) >= 11 is 0. The summed E-state index contributed by atoms with van der Waals surface area (Å²) in [6.07, 6.45) is 4.04. The molecule has 1 aliphatic carbocycles. The first kappa shape index (κ1) is 21.1. The van der Waals surface area contributed by atoms with Gasteiger partial charge in [-0.15, -0.1) is 0 Å². The maximum Gasteiger partial charge on any atom is 0.265 e. The van der Waals surface area contributed by atoms with Crippen LogP contribution in [0.2, 0.25) is 0 Å². The van der Waals surface area contributed by atoms with Crippen molar-refractivity contribution >= 4 is 15.8 Å². The number of H-pyrrole nitrogens is 1. The van der Waals surface area contributed by atoms with Gasteiger partial charge in [-0.1, -0.05) is 0 Å². The molecule has 0 spiro atoms. The molecular weight excluding hydrogens is 435 g/mol. The molecule has 0 aliphatic heterocycles. The number of ether oxygens (including phenoxy) is 1. The first-order valence-corrected chi connectivity index (χ1v) is 10.8. The number of alkyl halides is 2. The minimum Gasteiger partial charge on any atom is -0.489 e. The molecule has 0 radical (unpaired) electrons. The number of hydrogen-bond acceptors (Lipinski definition) is 6. The molecule has 4 rings (SSSR count). The van der Waals surface area contributed by atoms with Gasteiger partial charge in [0.05, 0.1) is 6.20 Å². The van der Waals surface area contributed by atoms with Gasteiger partial charge >= 0.3 is 0 Å². The summed E-state index contributed by atoms with van der Waals surface area (Å²) in [5.41, 5.74) is 0.717. The average Bonchev–Trinajstić information content (AvgIpc) is 3.22. The van der Waals surface area contributed by atoms with E-state index in [4.69, 9.17) is 4.74 Å². The summed E-state index contributed by atoms with van der Waals surface area (Å²) in [4.78, 5) is 6.78. The van der Waals surface area contributed by atoms with Crippen molar-refractivity contribution in [1.29, 1.82) is 0 Å². The van der Waals surface area contributed by atoms with Crippen LogP contribution in [-0.4, -0.2) is 40.6 Å². The number of aromatic amines is 1. The zero-order chi connectivity index (χ0) is 22.1. The molecule has 8 nitrogen and oxygen atoms in total. The van der Waals surface area contributed by atoms with E-state index >= 15 is 0 Å². The van der Waals surface area contributed by atoms with E-state index in [1.165, 1.54) is 18.3 Å². The van der Waals surface area contributed by atoms with Gasteiger partial charge in [0.25, 0.3) is 15.9 Å². The Morgan fingerprint density at radius 2 is 2.10 bits per heavy atom. The molecule has 0 bridgehead atoms. The van der Waals surface area contributed by atoms with Crippen LogP contribution in [0, 0.1) is 5.82 Å². The molecule has 1 saturated carbocycles. The molecule has 2 heterocycles. The van der Waals surface area contributed by atoms with Crippen molar-refractivity contribution in [3.8, 4) is 5.75 Å². The van der Waals surface area contributed by atoms with Gasteiger partial charge in [0.2, 0.25) is 0 Å². The Balaban J connectivity index is 1.55. The maximum atomic E-state index is 14.6. The van der Waals surface area contributed by atoms with Gasteiger partial charge < -0.3 is 4.74 Å². The number of hydrogen-bond donors (Lipinski definition) is 2. The Kier molecular flexibility index (Phi) is 5.56. The molecule has 1 fully saturated rings. The summed E-state index contributed by atoms with van der Waals surface area (Å²) in [6, 6.07) is 4.43. The van der Waals surface area contributed by atoms with Gasteiger partial charge in [-0.25, -0.2) is 31.6 Å². The molecule has 2 aromatic heterocycles. The van der Waals surface area contributed by atoms with Gasteiger partial charge in [-0.05, 0) is 30.2 Å². The number of halogens is 3. The molecule has 31 heavy (non-hydrogen) atoms. The van der Waals surface area contributed by atoms with E-state index in [-0.39, 0.29) is 30.3 Å². The lowest BCUT2D eigenvalue weighted by Gasteiger charge is -2.35. The zero-order valence-electron chi connectivity index (χ0n) is 16.0. The minimum absolute atomic E-state index is 0.0258. The van der Waals surface area contributed by atoms with Gasteiger partial charge in [0.1, 0.15) is 34.7 Å². The smallest absolute Gasteiger partial charge is 0.265 e. The fourth-order valence-corrected chi connectivity index (χ4v) is 4.62. The second-order valence-electron chi connectivity index (χ2n) is 7.19. The lowest BCUT2D eigenvalue weighted by Crippen LogP contribution is -2.38. The highest BCUT2D eigenvalue weighted by molar-refractivity contribution is 7.92. The van der Waals surface area contributed by atoms with Crippen molar-refractivity contribution < 1.29 is 26.3 Å². The molecular formula is C19H18F3N5O3S. The second kappa shape index (κ2) is 8.17. The van der Waals surface area contributed by atoms with Crippen LogP contribution in [0.4, 0.5) is 19.0 Å². The Morgan fingerprint density at radius 3 is 2.77 bits per heavy atom. The Morgan fingerprint density at radius 1 is 1.26 bits per heavy atom. The highest BCUT2D eigenvalue weighted by Gasteiger charge is 2.43. The molecule has 1 aromatic carbocycles. The summed E-state index contributed by atoms with van der Waals surface area (Å²) in [6.45, 7) is 0. The van der Waals surface area contributed by atoms with Crippen LogP contribution in [0.5, 0.6) is 5.75 Å². The minimum atomic E-state index is -4.26. The fourth-order valence-electron chi connectivity index (χ4n) is 3.55. The molecule has 0 amide bonds. The van der Waals surface area contributed by atoms with Gasteiger partial charge in [-0.2, -0.15) is 5.10 Å². The number of sulfonamides is 1. The normalized spacial score (nSPS) is 20.9. The first-order chi connectivity index (χ1) is 14.7. The number of benzene rings is 1. The van der Waals surface area contributed by atoms with Gasteiger partial charge in [-0.3, -0.25) is 9.82 Å².